The third-order valence-corrected chi connectivity index (χ3v) is 4.96. The lowest BCUT2D eigenvalue weighted by molar-refractivity contribution is -0.129. The molecule has 0 amide bonds. The Morgan fingerprint density at radius 1 is 1.19 bits per heavy atom. The predicted molar refractivity (Wildman–Crippen MR) is 109 cm³/mol. The highest BCUT2D eigenvalue weighted by Crippen LogP contribution is 2.36. The van der Waals surface area contributed by atoms with Gasteiger partial charge in [0.1, 0.15) is 11.6 Å². The number of ether oxygens (including phenoxy) is 2. The average molecular weight is 497 g/mol. The van der Waals surface area contributed by atoms with Crippen LogP contribution in [0.3, 0.4) is 0 Å². The summed E-state index contributed by atoms with van der Waals surface area (Å²) in [7, 11) is 0. The molecular formula is C20H16Br2FNO3. The Labute approximate surface area is 173 Å². The van der Waals surface area contributed by atoms with Crippen LogP contribution >= 0.6 is 31.9 Å². The third-order valence-electron chi connectivity index (χ3n) is 3.78. The van der Waals surface area contributed by atoms with Gasteiger partial charge in [0.2, 0.25) is 5.90 Å². The van der Waals surface area contributed by atoms with Crippen LogP contribution in [0.5, 0.6) is 5.75 Å². The van der Waals surface area contributed by atoms with Gasteiger partial charge in [-0.15, -0.1) is 0 Å². The molecule has 0 aromatic heterocycles. The van der Waals surface area contributed by atoms with E-state index in [0.717, 1.165) is 33.1 Å². The summed E-state index contributed by atoms with van der Waals surface area (Å²) >= 11 is 7.00. The Balaban J connectivity index is 1.85. The molecule has 2 aromatic carbocycles. The Kier molecular flexibility index (Phi) is 6.44. The minimum Gasteiger partial charge on any atom is -0.491 e. The van der Waals surface area contributed by atoms with Crippen molar-refractivity contribution in [2.45, 2.75) is 19.8 Å². The molecule has 0 spiro atoms. The Hall–Kier alpha value is -1.99. The van der Waals surface area contributed by atoms with E-state index in [1.807, 2.05) is 12.1 Å². The standard InChI is InChI=1S/C20H16Br2FNO3/c1-2-3-8-26-18-15(21)9-12(10-16(18)22)11-17-20(25)27-19(24-17)13-4-6-14(23)7-5-13/h4-7,9-11H,2-3,8H2,1H3/b17-11-. The maximum atomic E-state index is 13.0. The maximum Gasteiger partial charge on any atom is 0.363 e. The third kappa shape index (κ3) is 4.84. The molecule has 0 saturated carbocycles. The number of benzene rings is 2. The van der Waals surface area contributed by atoms with Crippen molar-refractivity contribution >= 4 is 49.8 Å². The van der Waals surface area contributed by atoms with Crippen molar-refractivity contribution in [3.8, 4) is 5.75 Å². The van der Waals surface area contributed by atoms with E-state index in [4.69, 9.17) is 9.47 Å². The van der Waals surface area contributed by atoms with Crippen LogP contribution in [0.15, 0.2) is 56.0 Å². The van der Waals surface area contributed by atoms with E-state index >= 15 is 0 Å². The first kappa shape index (κ1) is 19.8. The zero-order valence-electron chi connectivity index (χ0n) is 14.5. The molecule has 0 fully saturated rings. The highest BCUT2D eigenvalue weighted by atomic mass is 79.9. The van der Waals surface area contributed by atoms with Gasteiger partial charge in [-0.2, -0.15) is 0 Å². The fourth-order valence-corrected chi connectivity index (χ4v) is 3.85. The van der Waals surface area contributed by atoms with Crippen LogP contribution in [0.1, 0.15) is 30.9 Å². The summed E-state index contributed by atoms with van der Waals surface area (Å²) in [6.45, 7) is 2.73. The zero-order valence-corrected chi connectivity index (χ0v) is 17.6. The number of nitrogens with zero attached hydrogens (tertiary/aromatic N) is 1. The van der Waals surface area contributed by atoms with Crippen molar-refractivity contribution in [2.75, 3.05) is 6.61 Å². The fourth-order valence-electron chi connectivity index (χ4n) is 2.40. The lowest BCUT2D eigenvalue weighted by Gasteiger charge is -2.11. The van der Waals surface area contributed by atoms with Crippen molar-refractivity contribution in [1.82, 2.24) is 0 Å². The van der Waals surface area contributed by atoms with Crippen LogP contribution in [0.4, 0.5) is 4.39 Å². The number of carbonyl (C=O) groups excluding carboxylic acids is 1. The van der Waals surface area contributed by atoms with Gasteiger partial charge < -0.3 is 9.47 Å². The molecule has 2 aromatic rings. The largest absolute Gasteiger partial charge is 0.491 e. The van der Waals surface area contributed by atoms with Crippen molar-refractivity contribution < 1.29 is 18.7 Å². The first-order valence-corrected chi connectivity index (χ1v) is 9.97. The molecule has 0 saturated heterocycles. The Morgan fingerprint density at radius 2 is 1.85 bits per heavy atom. The molecule has 7 heteroatoms. The van der Waals surface area contributed by atoms with Gasteiger partial charge in [0.15, 0.2) is 5.70 Å². The Morgan fingerprint density at radius 3 is 2.48 bits per heavy atom. The van der Waals surface area contributed by atoms with Crippen LogP contribution in [-0.2, 0) is 9.53 Å². The van der Waals surface area contributed by atoms with Gasteiger partial charge in [0.25, 0.3) is 0 Å². The van der Waals surface area contributed by atoms with Gasteiger partial charge in [0, 0.05) is 5.56 Å². The number of hydrogen-bond donors (Lipinski definition) is 0. The molecular weight excluding hydrogens is 481 g/mol. The van der Waals surface area contributed by atoms with E-state index < -0.39 is 5.97 Å². The minimum absolute atomic E-state index is 0.156. The number of unbranched alkanes of at least 4 members (excludes halogenated alkanes) is 1. The van der Waals surface area contributed by atoms with E-state index in [-0.39, 0.29) is 17.4 Å². The molecule has 0 bridgehead atoms. The molecule has 1 heterocycles. The second-order valence-electron chi connectivity index (χ2n) is 5.86. The molecule has 1 aliphatic heterocycles. The van der Waals surface area contributed by atoms with Gasteiger partial charge in [0.05, 0.1) is 15.6 Å². The van der Waals surface area contributed by atoms with Crippen molar-refractivity contribution in [3.63, 3.8) is 0 Å². The summed E-state index contributed by atoms with van der Waals surface area (Å²) in [6.07, 6.45) is 3.65. The number of aliphatic imine (C=N–C) groups is 1. The van der Waals surface area contributed by atoms with E-state index in [9.17, 15) is 9.18 Å². The van der Waals surface area contributed by atoms with E-state index in [0.29, 0.717) is 12.2 Å². The lowest BCUT2D eigenvalue weighted by Crippen LogP contribution is -2.05. The topological polar surface area (TPSA) is 47.9 Å². The highest BCUT2D eigenvalue weighted by molar-refractivity contribution is 9.11. The van der Waals surface area contributed by atoms with Gasteiger partial charge in [-0.1, -0.05) is 13.3 Å². The Bertz CT molecular complexity index is 900. The molecule has 0 radical (unpaired) electrons. The minimum atomic E-state index is -0.551. The fraction of sp³-hybridized carbons (Fsp3) is 0.200. The quantitative estimate of drug-likeness (QED) is 0.285. The van der Waals surface area contributed by atoms with Gasteiger partial charge in [-0.25, -0.2) is 14.2 Å². The first-order chi connectivity index (χ1) is 13.0. The predicted octanol–water partition coefficient (Wildman–Crippen LogP) is 5.87. The van der Waals surface area contributed by atoms with Crippen LogP contribution < -0.4 is 4.74 Å². The molecule has 1 aliphatic rings. The second kappa shape index (κ2) is 8.80. The summed E-state index contributed by atoms with van der Waals surface area (Å²) < 4.78 is 25.6. The number of rotatable bonds is 6. The van der Waals surface area contributed by atoms with Gasteiger partial charge >= 0.3 is 5.97 Å². The second-order valence-corrected chi connectivity index (χ2v) is 7.57. The summed E-state index contributed by atoms with van der Waals surface area (Å²) in [5.41, 5.74) is 1.47. The van der Waals surface area contributed by atoms with Gasteiger partial charge in [-0.3, -0.25) is 0 Å². The SMILES string of the molecule is CCCCOc1c(Br)cc(/C=C2\N=C(c3ccc(F)cc3)OC2=O)cc1Br. The number of cyclic esters (lactones) is 1. The van der Waals surface area contributed by atoms with E-state index in [2.05, 4.69) is 43.8 Å². The van der Waals surface area contributed by atoms with Crippen molar-refractivity contribution in [2.24, 2.45) is 4.99 Å². The molecule has 140 valence electrons. The van der Waals surface area contributed by atoms with E-state index in [1.165, 1.54) is 24.3 Å². The summed E-state index contributed by atoms with van der Waals surface area (Å²) in [6, 6.07) is 9.30. The normalized spacial score (nSPS) is 15.0. The van der Waals surface area contributed by atoms with Crippen LogP contribution in [0, 0.1) is 5.82 Å². The van der Waals surface area contributed by atoms with Crippen LogP contribution in [0.2, 0.25) is 0 Å². The summed E-state index contributed by atoms with van der Waals surface area (Å²) in [5.74, 6) is -0.0424. The molecule has 4 nitrogen and oxygen atoms in total. The smallest absolute Gasteiger partial charge is 0.363 e. The van der Waals surface area contributed by atoms with Crippen molar-refractivity contribution in [3.05, 3.63) is 68.0 Å². The molecule has 3 rings (SSSR count). The summed E-state index contributed by atoms with van der Waals surface area (Å²) in [5, 5.41) is 0. The lowest BCUT2D eigenvalue weighted by atomic mass is 10.2. The molecule has 0 unspecified atom stereocenters. The van der Waals surface area contributed by atoms with Crippen LogP contribution in [-0.4, -0.2) is 18.5 Å². The number of hydrogen-bond acceptors (Lipinski definition) is 4. The highest BCUT2D eigenvalue weighted by Gasteiger charge is 2.24. The number of esters is 1. The zero-order chi connectivity index (χ0) is 19.4. The van der Waals surface area contributed by atoms with Crippen molar-refractivity contribution in [1.29, 1.82) is 0 Å². The molecule has 0 aliphatic carbocycles. The summed E-state index contributed by atoms with van der Waals surface area (Å²) in [4.78, 5) is 16.3. The molecule has 0 N–H and O–H groups in total. The molecule has 0 atom stereocenters. The maximum absolute atomic E-state index is 13.0. The van der Waals surface area contributed by atoms with E-state index in [1.54, 1.807) is 6.08 Å². The average Bonchev–Trinajstić information content (AvgIpc) is 2.98. The number of carbonyl (C=O) groups is 1. The van der Waals surface area contributed by atoms with Crippen LogP contribution in [0.25, 0.3) is 6.08 Å². The molecule has 27 heavy (non-hydrogen) atoms. The monoisotopic (exact) mass is 495 g/mol. The van der Waals surface area contributed by atoms with Gasteiger partial charge in [-0.05, 0) is 86.3 Å². The number of halogens is 3. The first-order valence-electron chi connectivity index (χ1n) is 8.38.